The second-order valence-corrected chi connectivity index (χ2v) is 5.51. The molecule has 0 aliphatic carbocycles. The Morgan fingerprint density at radius 2 is 1.96 bits per heavy atom. The van der Waals surface area contributed by atoms with Crippen molar-refractivity contribution in [3.63, 3.8) is 0 Å². The predicted octanol–water partition coefficient (Wildman–Crippen LogP) is 4.19. The van der Waals surface area contributed by atoms with Crippen molar-refractivity contribution in [1.29, 1.82) is 0 Å². The van der Waals surface area contributed by atoms with Gasteiger partial charge in [0.1, 0.15) is 0 Å². The van der Waals surface area contributed by atoms with Gasteiger partial charge in [0.15, 0.2) is 5.82 Å². The first-order valence-electron chi connectivity index (χ1n) is 7.21. The Balaban J connectivity index is 1.69. The Bertz CT molecular complexity index is 806. The molecule has 0 aliphatic heterocycles. The van der Waals surface area contributed by atoms with E-state index < -0.39 is 0 Å². The number of aromatic nitrogens is 3. The molecule has 0 unspecified atom stereocenters. The van der Waals surface area contributed by atoms with Crippen molar-refractivity contribution in [2.24, 2.45) is 0 Å². The first-order valence-corrected chi connectivity index (χ1v) is 7.59. The van der Waals surface area contributed by atoms with Gasteiger partial charge < -0.3 is 10.6 Å². The van der Waals surface area contributed by atoms with Crippen LogP contribution in [0.3, 0.4) is 0 Å². The van der Waals surface area contributed by atoms with Gasteiger partial charge in [0, 0.05) is 17.3 Å². The molecule has 3 aromatic rings. The summed E-state index contributed by atoms with van der Waals surface area (Å²) in [5, 5.41) is 15.0. The minimum absolute atomic E-state index is 0.447. The zero-order chi connectivity index (χ0) is 16.1. The summed E-state index contributed by atoms with van der Waals surface area (Å²) in [6.45, 7) is 2.58. The summed E-state index contributed by atoms with van der Waals surface area (Å²) in [6, 6.07) is 15.7. The molecule has 0 amide bonds. The Morgan fingerprint density at radius 1 is 1.09 bits per heavy atom. The lowest BCUT2D eigenvalue weighted by molar-refractivity contribution is 0.949. The van der Waals surface area contributed by atoms with E-state index in [1.807, 2.05) is 55.5 Å². The maximum atomic E-state index is 6.14. The van der Waals surface area contributed by atoms with E-state index in [1.165, 1.54) is 5.56 Å². The van der Waals surface area contributed by atoms with Crippen LogP contribution < -0.4 is 10.6 Å². The van der Waals surface area contributed by atoms with E-state index in [2.05, 4.69) is 25.8 Å². The number of halogens is 1. The number of hydrogen-bond acceptors (Lipinski definition) is 5. The maximum Gasteiger partial charge on any atom is 0.244 e. The standard InChI is InChI=1S/C17H16ClN5/c1-12-5-4-7-14(9-12)21-16-11-20-23-17(22-16)19-10-13-6-2-3-8-15(13)18/h2-9,11H,10H2,1H3,(H2,19,21,22,23). The fourth-order valence-electron chi connectivity index (χ4n) is 2.13. The largest absolute Gasteiger partial charge is 0.349 e. The van der Waals surface area contributed by atoms with Crippen molar-refractivity contribution in [3.05, 3.63) is 70.9 Å². The number of benzene rings is 2. The zero-order valence-corrected chi connectivity index (χ0v) is 13.4. The molecule has 0 atom stereocenters. The molecule has 0 bridgehead atoms. The molecule has 0 radical (unpaired) electrons. The summed E-state index contributed by atoms with van der Waals surface area (Å²) < 4.78 is 0. The van der Waals surface area contributed by atoms with Crippen LogP contribution in [0.25, 0.3) is 0 Å². The Kier molecular flexibility index (Phi) is 4.68. The normalized spacial score (nSPS) is 10.3. The van der Waals surface area contributed by atoms with Crippen LogP contribution in [0.2, 0.25) is 5.02 Å². The molecule has 3 rings (SSSR count). The van der Waals surface area contributed by atoms with Crippen molar-refractivity contribution in [2.75, 3.05) is 10.6 Å². The number of rotatable bonds is 5. The minimum atomic E-state index is 0.447. The SMILES string of the molecule is Cc1cccc(Nc2cnnc(NCc3ccccc3Cl)n2)c1. The lowest BCUT2D eigenvalue weighted by atomic mass is 10.2. The van der Waals surface area contributed by atoms with Gasteiger partial charge in [-0.2, -0.15) is 10.1 Å². The number of nitrogens with one attached hydrogen (secondary N) is 2. The lowest BCUT2D eigenvalue weighted by Crippen LogP contribution is -2.06. The Labute approximate surface area is 139 Å². The molecule has 0 saturated heterocycles. The second-order valence-electron chi connectivity index (χ2n) is 5.10. The van der Waals surface area contributed by atoms with Gasteiger partial charge in [0.05, 0.1) is 6.20 Å². The van der Waals surface area contributed by atoms with E-state index in [9.17, 15) is 0 Å². The molecule has 0 aliphatic rings. The summed E-state index contributed by atoms with van der Waals surface area (Å²) in [5.41, 5.74) is 3.12. The molecule has 6 heteroatoms. The van der Waals surface area contributed by atoms with Crippen LogP contribution in [0.4, 0.5) is 17.5 Å². The van der Waals surface area contributed by atoms with Crippen LogP contribution in [0.1, 0.15) is 11.1 Å². The second kappa shape index (κ2) is 7.07. The van der Waals surface area contributed by atoms with Gasteiger partial charge in [-0.3, -0.25) is 0 Å². The molecule has 23 heavy (non-hydrogen) atoms. The molecule has 0 fully saturated rings. The van der Waals surface area contributed by atoms with Gasteiger partial charge >= 0.3 is 0 Å². The summed E-state index contributed by atoms with van der Waals surface area (Å²) in [4.78, 5) is 4.40. The highest BCUT2D eigenvalue weighted by molar-refractivity contribution is 6.31. The van der Waals surface area contributed by atoms with Crippen LogP contribution in [0, 0.1) is 6.92 Å². The van der Waals surface area contributed by atoms with Crippen molar-refractivity contribution in [2.45, 2.75) is 13.5 Å². The van der Waals surface area contributed by atoms with E-state index in [0.717, 1.165) is 11.3 Å². The van der Waals surface area contributed by atoms with E-state index in [4.69, 9.17) is 11.6 Å². The molecular formula is C17H16ClN5. The van der Waals surface area contributed by atoms with Crippen LogP contribution in [-0.4, -0.2) is 15.2 Å². The van der Waals surface area contributed by atoms with Crippen molar-refractivity contribution >= 4 is 29.1 Å². The molecule has 0 saturated carbocycles. The molecule has 116 valence electrons. The molecule has 1 aromatic heterocycles. The van der Waals surface area contributed by atoms with E-state index in [0.29, 0.717) is 23.3 Å². The van der Waals surface area contributed by atoms with Crippen molar-refractivity contribution in [3.8, 4) is 0 Å². The fourth-order valence-corrected chi connectivity index (χ4v) is 2.33. The highest BCUT2D eigenvalue weighted by atomic mass is 35.5. The molecule has 1 heterocycles. The Hall–Kier alpha value is -2.66. The van der Waals surface area contributed by atoms with Gasteiger partial charge in [-0.05, 0) is 36.2 Å². The third kappa shape index (κ3) is 4.17. The van der Waals surface area contributed by atoms with E-state index in [1.54, 1.807) is 6.20 Å². The first kappa shape index (κ1) is 15.2. The zero-order valence-electron chi connectivity index (χ0n) is 12.6. The lowest BCUT2D eigenvalue weighted by Gasteiger charge is -2.09. The van der Waals surface area contributed by atoms with Gasteiger partial charge in [0.2, 0.25) is 5.95 Å². The maximum absolute atomic E-state index is 6.14. The van der Waals surface area contributed by atoms with Gasteiger partial charge in [0.25, 0.3) is 0 Å². The van der Waals surface area contributed by atoms with Gasteiger partial charge in [-0.25, -0.2) is 0 Å². The van der Waals surface area contributed by atoms with Crippen LogP contribution >= 0.6 is 11.6 Å². The highest BCUT2D eigenvalue weighted by Crippen LogP contribution is 2.17. The molecule has 2 aromatic carbocycles. The smallest absolute Gasteiger partial charge is 0.244 e. The summed E-state index contributed by atoms with van der Waals surface area (Å²) in [7, 11) is 0. The topological polar surface area (TPSA) is 62.7 Å². The minimum Gasteiger partial charge on any atom is -0.349 e. The molecule has 0 spiro atoms. The quantitative estimate of drug-likeness (QED) is 0.736. The van der Waals surface area contributed by atoms with Crippen LogP contribution in [0.15, 0.2) is 54.7 Å². The molecule has 5 nitrogen and oxygen atoms in total. The fraction of sp³-hybridized carbons (Fsp3) is 0.118. The van der Waals surface area contributed by atoms with Crippen LogP contribution in [-0.2, 0) is 6.54 Å². The first-order chi connectivity index (χ1) is 11.2. The van der Waals surface area contributed by atoms with Crippen molar-refractivity contribution < 1.29 is 0 Å². The van der Waals surface area contributed by atoms with Gasteiger partial charge in [-0.15, -0.1) is 5.10 Å². The third-order valence-corrected chi connectivity index (χ3v) is 3.61. The van der Waals surface area contributed by atoms with Gasteiger partial charge in [-0.1, -0.05) is 41.9 Å². The molecular weight excluding hydrogens is 310 g/mol. The summed E-state index contributed by atoms with van der Waals surface area (Å²) >= 11 is 6.14. The average molecular weight is 326 g/mol. The van der Waals surface area contributed by atoms with E-state index in [-0.39, 0.29) is 0 Å². The molecule has 2 N–H and O–H groups in total. The Morgan fingerprint density at radius 3 is 2.78 bits per heavy atom. The van der Waals surface area contributed by atoms with Crippen LogP contribution in [0.5, 0.6) is 0 Å². The number of aryl methyl sites for hydroxylation is 1. The highest BCUT2D eigenvalue weighted by Gasteiger charge is 2.03. The summed E-state index contributed by atoms with van der Waals surface area (Å²) in [5.74, 6) is 1.08. The predicted molar refractivity (Wildman–Crippen MR) is 93.1 cm³/mol. The summed E-state index contributed by atoms with van der Waals surface area (Å²) in [6.07, 6.45) is 1.59. The number of anilines is 3. The number of nitrogens with zero attached hydrogens (tertiary/aromatic N) is 3. The average Bonchev–Trinajstić information content (AvgIpc) is 2.54. The number of hydrogen-bond donors (Lipinski definition) is 2. The van der Waals surface area contributed by atoms with E-state index >= 15 is 0 Å². The monoisotopic (exact) mass is 325 g/mol. The third-order valence-electron chi connectivity index (χ3n) is 3.24. The van der Waals surface area contributed by atoms with Crippen molar-refractivity contribution in [1.82, 2.24) is 15.2 Å².